The fourth-order valence-corrected chi connectivity index (χ4v) is 2.11. The standard InChI is InChI=1S/C16H19ClN2O/c1-20-10-4-2-3-5-13-11-18-16(19-12-13)14-6-8-15(17)9-7-14/h6-9,11-12H,2-5,10H2,1H3. The summed E-state index contributed by atoms with van der Waals surface area (Å²) in [6.07, 6.45) is 8.27. The van der Waals surface area contributed by atoms with Gasteiger partial charge in [0.2, 0.25) is 0 Å². The molecule has 0 atom stereocenters. The van der Waals surface area contributed by atoms with E-state index < -0.39 is 0 Å². The fraction of sp³-hybridized carbons (Fsp3) is 0.375. The number of aromatic nitrogens is 2. The van der Waals surface area contributed by atoms with E-state index in [4.69, 9.17) is 16.3 Å². The van der Waals surface area contributed by atoms with E-state index in [2.05, 4.69) is 9.97 Å². The van der Waals surface area contributed by atoms with Crippen LogP contribution in [0.3, 0.4) is 0 Å². The molecule has 0 saturated heterocycles. The van der Waals surface area contributed by atoms with E-state index in [0.29, 0.717) is 0 Å². The SMILES string of the molecule is COCCCCCc1cnc(-c2ccc(Cl)cc2)nc1. The molecule has 0 N–H and O–H groups in total. The van der Waals surface area contributed by atoms with E-state index in [0.717, 1.165) is 42.3 Å². The van der Waals surface area contributed by atoms with Crippen LogP contribution in [0.5, 0.6) is 0 Å². The van der Waals surface area contributed by atoms with E-state index in [-0.39, 0.29) is 0 Å². The zero-order valence-corrected chi connectivity index (χ0v) is 12.4. The minimum Gasteiger partial charge on any atom is -0.385 e. The molecule has 1 heterocycles. The smallest absolute Gasteiger partial charge is 0.159 e. The molecule has 20 heavy (non-hydrogen) atoms. The van der Waals surface area contributed by atoms with Crippen molar-refractivity contribution in [2.45, 2.75) is 25.7 Å². The van der Waals surface area contributed by atoms with Gasteiger partial charge in [0.05, 0.1) is 0 Å². The number of methoxy groups -OCH3 is 1. The van der Waals surface area contributed by atoms with Gasteiger partial charge in [-0.15, -0.1) is 0 Å². The first-order valence-corrected chi connectivity index (χ1v) is 7.23. The number of halogens is 1. The first-order valence-electron chi connectivity index (χ1n) is 6.85. The Kier molecular flexibility index (Phi) is 5.96. The van der Waals surface area contributed by atoms with E-state index in [1.807, 2.05) is 36.7 Å². The van der Waals surface area contributed by atoms with Gasteiger partial charge in [0.25, 0.3) is 0 Å². The van der Waals surface area contributed by atoms with Crippen molar-refractivity contribution in [1.82, 2.24) is 9.97 Å². The van der Waals surface area contributed by atoms with Crippen molar-refractivity contribution in [3.05, 3.63) is 47.2 Å². The molecule has 0 fully saturated rings. The third-order valence-electron chi connectivity index (χ3n) is 3.12. The molecule has 0 saturated carbocycles. The van der Waals surface area contributed by atoms with E-state index >= 15 is 0 Å². The molecule has 3 nitrogen and oxygen atoms in total. The first-order chi connectivity index (χ1) is 9.79. The highest BCUT2D eigenvalue weighted by atomic mass is 35.5. The second-order valence-electron chi connectivity index (χ2n) is 4.73. The molecule has 106 valence electrons. The summed E-state index contributed by atoms with van der Waals surface area (Å²) in [4.78, 5) is 8.83. The molecule has 0 amide bonds. The van der Waals surface area contributed by atoms with Gasteiger partial charge in [-0.25, -0.2) is 9.97 Å². The molecule has 0 aliphatic rings. The summed E-state index contributed by atoms with van der Waals surface area (Å²) in [6.45, 7) is 0.839. The van der Waals surface area contributed by atoms with Crippen LogP contribution in [0.2, 0.25) is 5.02 Å². The van der Waals surface area contributed by atoms with Gasteiger partial charge >= 0.3 is 0 Å². The predicted octanol–water partition coefficient (Wildman–Crippen LogP) is 4.16. The van der Waals surface area contributed by atoms with Gasteiger partial charge in [-0.1, -0.05) is 18.0 Å². The summed E-state index contributed by atoms with van der Waals surface area (Å²) in [5.41, 5.74) is 2.17. The lowest BCUT2D eigenvalue weighted by molar-refractivity contribution is 0.192. The highest BCUT2D eigenvalue weighted by Crippen LogP contribution is 2.18. The van der Waals surface area contributed by atoms with Crippen LogP contribution < -0.4 is 0 Å². The Morgan fingerprint density at radius 3 is 2.35 bits per heavy atom. The Hall–Kier alpha value is -1.45. The number of aryl methyl sites for hydroxylation is 1. The van der Waals surface area contributed by atoms with Crippen LogP contribution >= 0.6 is 11.6 Å². The number of ether oxygens (including phenoxy) is 1. The van der Waals surface area contributed by atoms with Gasteiger partial charge < -0.3 is 4.74 Å². The summed E-state index contributed by atoms with van der Waals surface area (Å²) in [6, 6.07) is 7.57. The Balaban J connectivity index is 1.88. The molecule has 0 radical (unpaired) electrons. The van der Waals surface area contributed by atoms with Crippen LogP contribution in [0.4, 0.5) is 0 Å². The first kappa shape index (κ1) is 14.9. The zero-order chi connectivity index (χ0) is 14.2. The molecule has 1 aromatic carbocycles. The number of unbranched alkanes of at least 4 members (excludes halogenated alkanes) is 2. The summed E-state index contributed by atoms with van der Waals surface area (Å²) >= 11 is 5.87. The third-order valence-corrected chi connectivity index (χ3v) is 3.37. The van der Waals surface area contributed by atoms with Gasteiger partial charge in [0, 0.05) is 36.7 Å². The largest absolute Gasteiger partial charge is 0.385 e. The Labute approximate surface area is 125 Å². The summed E-state index contributed by atoms with van der Waals surface area (Å²) < 4.78 is 5.03. The van der Waals surface area contributed by atoms with Gasteiger partial charge in [-0.3, -0.25) is 0 Å². The van der Waals surface area contributed by atoms with E-state index in [1.165, 1.54) is 12.0 Å². The molecular weight excluding hydrogens is 272 g/mol. The van der Waals surface area contributed by atoms with Crippen molar-refractivity contribution in [2.24, 2.45) is 0 Å². The molecule has 4 heteroatoms. The highest BCUT2D eigenvalue weighted by molar-refractivity contribution is 6.30. The Morgan fingerprint density at radius 1 is 1.00 bits per heavy atom. The van der Waals surface area contributed by atoms with Crippen LogP contribution in [0.15, 0.2) is 36.7 Å². The lowest BCUT2D eigenvalue weighted by Gasteiger charge is -2.03. The Bertz CT molecular complexity index is 511. The number of hydrogen-bond donors (Lipinski definition) is 0. The molecule has 0 spiro atoms. The number of nitrogens with zero attached hydrogens (tertiary/aromatic N) is 2. The number of hydrogen-bond acceptors (Lipinski definition) is 3. The minimum atomic E-state index is 0.724. The van der Waals surface area contributed by atoms with E-state index in [1.54, 1.807) is 7.11 Å². The van der Waals surface area contributed by atoms with Crippen molar-refractivity contribution in [1.29, 1.82) is 0 Å². The van der Waals surface area contributed by atoms with Crippen molar-refractivity contribution < 1.29 is 4.74 Å². The van der Waals surface area contributed by atoms with Crippen molar-refractivity contribution >= 4 is 11.6 Å². The second kappa shape index (κ2) is 7.98. The summed E-state index contributed by atoms with van der Waals surface area (Å²) in [7, 11) is 1.74. The molecule has 2 aromatic rings. The molecule has 0 aliphatic carbocycles. The molecule has 0 bridgehead atoms. The molecule has 0 aliphatic heterocycles. The van der Waals surface area contributed by atoms with Crippen molar-refractivity contribution in [3.8, 4) is 11.4 Å². The minimum absolute atomic E-state index is 0.724. The average Bonchev–Trinajstić information content (AvgIpc) is 2.49. The average molecular weight is 291 g/mol. The van der Waals surface area contributed by atoms with Gasteiger partial charge in [0.15, 0.2) is 5.82 Å². The highest BCUT2D eigenvalue weighted by Gasteiger charge is 2.01. The van der Waals surface area contributed by atoms with Gasteiger partial charge in [-0.2, -0.15) is 0 Å². The molecule has 0 unspecified atom stereocenters. The van der Waals surface area contributed by atoms with Crippen LogP contribution in [-0.2, 0) is 11.2 Å². The summed E-state index contributed by atoms with van der Waals surface area (Å²) in [5.74, 6) is 0.741. The van der Waals surface area contributed by atoms with Crippen molar-refractivity contribution in [2.75, 3.05) is 13.7 Å². The van der Waals surface area contributed by atoms with E-state index in [9.17, 15) is 0 Å². The van der Waals surface area contributed by atoms with Gasteiger partial charge in [-0.05, 0) is 49.1 Å². The normalized spacial score (nSPS) is 10.7. The molecular formula is C16H19ClN2O. The third kappa shape index (κ3) is 4.58. The second-order valence-corrected chi connectivity index (χ2v) is 5.16. The lowest BCUT2D eigenvalue weighted by atomic mass is 10.1. The fourth-order valence-electron chi connectivity index (χ4n) is 1.98. The lowest BCUT2D eigenvalue weighted by Crippen LogP contribution is -1.94. The molecule has 2 rings (SSSR count). The monoisotopic (exact) mass is 290 g/mol. The van der Waals surface area contributed by atoms with Crippen LogP contribution in [0.1, 0.15) is 24.8 Å². The quantitative estimate of drug-likeness (QED) is 0.718. The number of rotatable bonds is 7. The maximum atomic E-state index is 5.87. The van der Waals surface area contributed by atoms with Crippen molar-refractivity contribution in [3.63, 3.8) is 0 Å². The summed E-state index contributed by atoms with van der Waals surface area (Å²) in [5, 5.41) is 0.724. The topological polar surface area (TPSA) is 35.0 Å². The van der Waals surface area contributed by atoms with Crippen LogP contribution in [0.25, 0.3) is 11.4 Å². The molecule has 1 aromatic heterocycles. The zero-order valence-electron chi connectivity index (χ0n) is 11.7. The van der Waals surface area contributed by atoms with Crippen LogP contribution in [0, 0.1) is 0 Å². The maximum absolute atomic E-state index is 5.87. The predicted molar refractivity (Wildman–Crippen MR) is 81.9 cm³/mol. The van der Waals surface area contributed by atoms with Gasteiger partial charge in [0.1, 0.15) is 0 Å². The maximum Gasteiger partial charge on any atom is 0.159 e. The Morgan fingerprint density at radius 2 is 1.70 bits per heavy atom. The van der Waals surface area contributed by atoms with Crippen LogP contribution in [-0.4, -0.2) is 23.7 Å². The number of benzene rings is 1.